The number of fused-ring (bicyclic) bond motifs is 2. The van der Waals surface area contributed by atoms with Crippen LogP contribution in [0.2, 0.25) is 0 Å². The van der Waals surface area contributed by atoms with Gasteiger partial charge in [-0.1, -0.05) is 25.5 Å². The highest BCUT2D eigenvalue weighted by Gasteiger charge is 2.53. The first kappa shape index (κ1) is 18.1. The molecule has 2 aliphatic heterocycles. The zero-order valence-corrected chi connectivity index (χ0v) is 14.4. The highest BCUT2D eigenvalue weighted by molar-refractivity contribution is 5.97. The van der Waals surface area contributed by atoms with Gasteiger partial charge in [-0.2, -0.15) is 0 Å². The highest BCUT2D eigenvalue weighted by atomic mass is 16.5. The summed E-state index contributed by atoms with van der Waals surface area (Å²) in [6.07, 6.45) is 4.08. The fourth-order valence-corrected chi connectivity index (χ4v) is 3.22. The molecular formula is C19H21NO6. The molecule has 3 rings (SSSR count). The maximum absolute atomic E-state index is 12.5. The van der Waals surface area contributed by atoms with E-state index in [0.29, 0.717) is 17.9 Å². The number of benzene rings is 1. The van der Waals surface area contributed by atoms with Crippen LogP contribution in [0.3, 0.4) is 0 Å². The number of esters is 1. The van der Waals surface area contributed by atoms with Gasteiger partial charge in [0.2, 0.25) is 5.91 Å². The Balaban J connectivity index is 1.62. The van der Waals surface area contributed by atoms with Crippen LogP contribution < -0.4 is 5.32 Å². The Hall–Kier alpha value is -2.67. The van der Waals surface area contributed by atoms with E-state index < -0.39 is 41.9 Å². The topological polar surface area (TPSA) is 102 Å². The van der Waals surface area contributed by atoms with Crippen molar-refractivity contribution >= 4 is 23.5 Å². The maximum Gasteiger partial charge on any atom is 0.338 e. The monoisotopic (exact) mass is 359 g/mol. The molecule has 2 heterocycles. The third-order valence-electron chi connectivity index (χ3n) is 4.61. The Kier molecular flexibility index (Phi) is 5.37. The summed E-state index contributed by atoms with van der Waals surface area (Å²) in [5, 5.41) is 12.1. The minimum absolute atomic E-state index is 0.377. The molecule has 1 amide bonds. The number of carboxylic acids is 1. The summed E-state index contributed by atoms with van der Waals surface area (Å²) in [5.74, 6) is -3.53. The molecule has 26 heavy (non-hydrogen) atoms. The van der Waals surface area contributed by atoms with Gasteiger partial charge in [-0.3, -0.25) is 9.59 Å². The van der Waals surface area contributed by atoms with E-state index in [2.05, 4.69) is 5.32 Å². The average Bonchev–Trinajstić information content (AvgIpc) is 3.23. The molecule has 2 N–H and O–H groups in total. The van der Waals surface area contributed by atoms with Crippen LogP contribution in [-0.2, 0) is 19.1 Å². The van der Waals surface area contributed by atoms with Crippen LogP contribution in [0.15, 0.2) is 36.4 Å². The average molecular weight is 359 g/mol. The lowest BCUT2D eigenvalue weighted by molar-refractivity contribution is -0.145. The molecule has 7 heteroatoms. The fraction of sp³-hybridized carbons (Fsp3) is 0.421. The molecule has 0 saturated carbocycles. The van der Waals surface area contributed by atoms with Gasteiger partial charge in [-0.15, -0.1) is 0 Å². The molecule has 138 valence electrons. The third-order valence-corrected chi connectivity index (χ3v) is 4.61. The van der Waals surface area contributed by atoms with Gasteiger partial charge >= 0.3 is 11.9 Å². The molecular weight excluding hydrogens is 338 g/mol. The number of carbonyl (C=O) groups excluding carboxylic acids is 2. The number of anilines is 1. The predicted octanol–water partition coefficient (Wildman–Crippen LogP) is 2.24. The summed E-state index contributed by atoms with van der Waals surface area (Å²) in [4.78, 5) is 35.8. The van der Waals surface area contributed by atoms with Crippen LogP contribution in [0, 0.1) is 11.8 Å². The van der Waals surface area contributed by atoms with Gasteiger partial charge in [-0.05, 0) is 30.7 Å². The first-order valence-corrected chi connectivity index (χ1v) is 8.66. The smallest absolute Gasteiger partial charge is 0.338 e. The standard InChI is InChI=1S/C19H21NO6/c1-2-3-10-25-19(24)11-4-6-12(7-5-11)20-17(21)15-13-8-9-14(26-13)16(15)18(22)23/h4-9,13-16H,2-3,10H2,1H3,(H,20,21)(H,22,23)/t13-,14-,15-,16+/m1/s1. The van der Waals surface area contributed by atoms with Crippen LogP contribution in [-0.4, -0.2) is 41.8 Å². The number of hydrogen-bond acceptors (Lipinski definition) is 5. The van der Waals surface area contributed by atoms with Gasteiger partial charge in [0.1, 0.15) is 5.92 Å². The minimum Gasteiger partial charge on any atom is -0.481 e. The van der Waals surface area contributed by atoms with Crippen molar-refractivity contribution < 1.29 is 29.0 Å². The molecule has 2 aliphatic rings. The Labute approximate surface area is 151 Å². The lowest BCUT2D eigenvalue weighted by Gasteiger charge is -2.21. The molecule has 1 fully saturated rings. The number of carbonyl (C=O) groups is 3. The molecule has 1 aromatic carbocycles. The number of nitrogens with one attached hydrogen (secondary N) is 1. The van der Waals surface area contributed by atoms with Crippen LogP contribution in [0.5, 0.6) is 0 Å². The molecule has 0 radical (unpaired) electrons. The molecule has 0 aliphatic carbocycles. The van der Waals surface area contributed by atoms with E-state index in [1.807, 2.05) is 6.92 Å². The molecule has 1 aromatic rings. The molecule has 1 saturated heterocycles. The zero-order valence-electron chi connectivity index (χ0n) is 14.4. The van der Waals surface area contributed by atoms with E-state index in [0.717, 1.165) is 12.8 Å². The summed E-state index contributed by atoms with van der Waals surface area (Å²) >= 11 is 0. The van der Waals surface area contributed by atoms with Gasteiger partial charge < -0.3 is 19.9 Å². The Morgan fingerprint density at radius 2 is 1.77 bits per heavy atom. The minimum atomic E-state index is -1.05. The van der Waals surface area contributed by atoms with Gasteiger partial charge in [0.25, 0.3) is 0 Å². The number of ether oxygens (including phenoxy) is 2. The van der Waals surface area contributed by atoms with Crippen molar-refractivity contribution in [1.82, 2.24) is 0 Å². The zero-order chi connectivity index (χ0) is 18.7. The number of unbranched alkanes of at least 4 members (excludes halogenated alkanes) is 1. The molecule has 4 atom stereocenters. The van der Waals surface area contributed by atoms with E-state index in [-0.39, 0.29) is 0 Å². The Morgan fingerprint density at radius 3 is 2.38 bits per heavy atom. The van der Waals surface area contributed by atoms with Crippen molar-refractivity contribution in [2.75, 3.05) is 11.9 Å². The second-order valence-corrected chi connectivity index (χ2v) is 6.40. The van der Waals surface area contributed by atoms with E-state index in [1.54, 1.807) is 36.4 Å². The molecule has 7 nitrogen and oxygen atoms in total. The number of rotatable bonds is 7. The number of amides is 1. The maximum atomic E-state index is 12.5. The fourth-order valence-electron chi connectivity index (χ4n) is 3.22. The van der Waals surface area contributed by atoms with Crippen LogP contribution in [0.1, 0.15) is 30.1 Å². The quantitative estimate of drug-likeness (QED) is 0.440. The predicted molar refractivity (Wildman–Crippen MR) is 92.7 cm³/mol. The molecule has 2 bridgehead atoms. The normalized spacial score (nSPS) is 25.9. The first-order valence-electron chi connectivity index (χ1n) is 8.66. The molecule has 0 spiro atoms. The number of aliphatic carboxylic acids is 1. The van der Waals surface area contributed by atoms with E-state index >= 15 is 0 Å². The second-order valence-electron chi connectivity index (χ2n) is 6.40. The van der Waals surface area contributed by atoms with Crippen molar-refractivity contribution in [3.8, 4) is 0 Å². The Bertz CT molecular complexity index is 726. The van der Waals surface area contributed by atoms with E-state index in [9.17, 15) is 19.5 Å². The highest BCUT2D eigenvalue weighted by Crippen LogP contribution is 2.39. The lowest BCUT2D eigenvalue weighted by Crippen LogP contribution is -2.39. The van der Waals surface area contributed by atoms with Crippen molar-refractivity contribution in [3.05, 3.63) is 42.0 Å². The van der Waals surface area contributed by atoms with Crippen molar-refractivity contribution in [3.63, 3.8) is 0 Å². The lowest BCUT2D eigenvalue weighted by atomic mass is 9.82. The summed E-state index contributed by atoms with van der Waals surface area (Å²) < 4.78 is 10.6. The first-order chi connectivity index (χ1) is 12.5. The summed E-state index contributed by atoms with van der Waals surface area (Å²) in [6.45, 7) is 2.39. The largest absolute Gasteiger partial charge is 0.481 e. The second kappa shape index (κ2) is 7.70. The third kappa shape index (κ3) is 3.62. The number of carboxylic acid groups (broad SMARTS) is 1. The summed E-state index contributed by atoms with van der Waals surface area (Å²) in [7, 11) is 0. The van der Waals surface area contributed by atoms with Crippen molar-refractivity contribution in [1.29, 1.82) is 0 Å². The summed E-state index contributed by atoms with van der Waals surface area (Å²) in [6, 6.07) is 6.31. The van der Waals surface area contributed by atoms with Gasteiger partial charge in [0.15, 0.2) is 0 Å². The van der Waals surface area contributed by atoms with E-state index in [4.69, 9.17) is 9.47 Å². The van der Waals surface area contributed by atoms with Gasteiger partial charge in [0, 0.05) is 5.69 Å². The van der Waals surface area contributed by atoms with Gasteiger partial charge in [-0.25, -0.2) is 4.79 Å². The van der Waals surface area contributed by atoms with Crippen LogP contribution in [0.25, 0.3) is 0 Å². The van der Waals surface area contributed by atoms with Gasteiger partial charge in [0.05, 0.1) is 30.3 Å². The molecule has 0 unspecified atom stereocenters. The van der Waals surface area contributed by atoms with Crippen molar-refractivity contribution in [2.45, 2.75) is 32.0 Å². The van der Waals surface area contributed by atoms with Crippen LogP contribution >= 0.6 is 0 Å². The molecule has 0 aromatic heterocycles. The number of hydrogen-bond donors (Lipinski definition) is 2. The van der Waals surface area contributed by atoms with Crippen molar-refractivity contribution in [2.24, 2.45) is 11.8 Å². The SMILES string of the molecule is CCCCOC(=O)c1ccc(NC(=O)[C@H]2[C@@H](C(=O)O)[C@H]3C=C[C@H]2O3)cc1. The van der Waals surface area contributed by atoms with Crippen LogP contribution in [0.4, 0.5) is 5.69 Å². The van der Waals surface area contributed by atoms with E-state index in [1.165, 1.54) is 0 Å². The Morgan fingerprint density at radius 1 is 1.12 bits per heavy atom. The summed E-state index contributed by atoms with van der Waals surface area (Å²) in [5.41, 5.74) is 0.879.